The van der Waals surface area contributed by atoms with E-state index in [-0.39, 0.29) is 12.5 Å². The molecule has 4 rings (SSSR count). The first-order valence-corrected chi connectivity index (χ1v) is 9.92. The second-order valence-electron chi connectivity index (χ2n) is 7.43. The number of likely N-dealkylation sites (N-methyl/N-ethyl adjacent to an activating group) is 2. The predicted molar refractivity (Wildman–Crippen MR) is 118 cm³/mol. The number of amides is 1. The number of nitrogens with one attached hydrogen (secondary N) is 3. The summed E-state index contributed by atoms with van der Waals surface area (Å²) in [7, 11) is 5.42. The van der Waals surface area contributed by atoms with Crippen molar-refractivity contribution in [2.75, 3.05) is 44.9 Å². The number of carbonyl (C=O) groups is 1. The number of anilines is 3. The Balaban J connectivity index is 1.60. The Bertz CT molecular complexity index is 1080. The van der Waals surface area contributed by atoms with Crippen LogP contribution in [0.5, 0.6) is 5.75 Å². The molecule has 0 atom stereocenters. The van der Waals surface area contributed by atoms with E-state index in [2.05, 4.69) is 50.0 Å². The molecule has 2 aromatic carbocycles. The fourth-order valence-electron chi connectivity index (χ4n) is 3.58. The molecule has 0 bridgehead atoms. The van der Waals surface area contributed by atoms with Crippen molar-refractivity contribution in [3.8, 4) is 5.75 Å². The van der Waals surface area contributed by atoms with Gasteiger partial charge in [-0.2, -0.15) is 0 Å². The summed E-state index contributed by atoms with van der Waals surface area (Å²) in [5.74, 6) is 1.20. The van der Waals surface area contributed by atoms with Crippen LogP contribution >= 0.6 is 0 Å². The highest BCUT2D eigenvalue weighted by molar-refractivity contribution is 5.85. The lowest BCUT2D eigenvalue weighted by Gasteiger charge is -2.26. The van der Waals surface area contributed by atoms with E-state index in [1.54, 1.807) is 20.4 Å². The summed E-state index contributed by atoms with van der Waals surface area (Å²) in [6.45, 7) is 2.17. The van der Waals surface area contributed by atoms with Crippen LogP contribution in [0.2, 0.25) is 0 Å². The number of hydrogen-bond donors (Lipinski definition) is 3. The summed E-state index contributed by atoms with van der Waals surface area (Å²) in [4.78, 5) is 22.9. The first kappa shape index (κ1) is 19.9. The molecule has 0 aliphatic carbocycles. The summed E-state index contributed by atoms with van der Waals surface area (Å²) in [5.41, 5.74) is 5.06. The lowest BCUT2D eigenvalue weighted by Crippen LogP contribution is -2.26. The van der Waals surface area contributed by atoms with Crippen molar-refractivity contribution in [1.82, 2.24) is 20.2 Å². The summed E-state index contributed by atoms with van der Waals surface area (Å²) in [6.07, 6.45) is 2.80. The van der Waals surface area contributed by atoms with Gasteiger partial charge in [-0.25, -0.2) is 9.97 Å². The molecule has 1 aliphatic heterocycles. The second-order valence-corrected chi connectivity index (χ2v) is 7.43. The molecule has 0 spiro atoms. The minimum atomic E-state index is -0.0784. The smallest absolute Gasteiger partial charge is 0.239 e. The number of carbonyl (C=O) groups excluding carboxylic acids is 1. The molecule has 1 aliphatic rings. The van der Waals surface area contributed by atoms with Crippen LogP contribution in [0, 0.1) is 0 Å². The Labute approximate surface area is 175 Å². The number of fused-ring (bicyclic) bond motifs is 2. The van der Waals surface area contributed by atoms with Crippen molar-refractivity contribution in [2.24, 2.45) is 0 Å². The molecule has 0 saturated heterocycles. The molecule has 30 heavy (non-hydrogen) atoms. The van der Waals surface area contributed by atoms with Gasteiger partial charge >= 0.3 is 0 Å². The number of rotatable bonds is 6. The fraction of sp³-hybridized carbons (Fsp3) is 0.318. The van der Waals surface area contributed by atoms with E-state index < -0.39 is 0 Å². The molecule has 0 radical (unpaired) electrons. The summed E-state index contributed by atoms with van der Waals surface area (Å²) >= 11 is 0. The van der Waals surface area contributed by atoms with Crippen LogP contribution in [0.4, 0.5) is 17.3 Å². The first-order chi connectivity index (χ1) is 14.6. The van der Waals surface area contributed by atoms with Crippen LogP contribution in [0.25, 0.3) is 10.9 Å². The van der Waals surface area contributed by atoms with Crippen LogP contribution in [0.15, 0.2) is 36.5 Å². The van der Waals surface area contributed by atoms with Gasteiger partial charge in [-0.05, 0) is 54.9 Å². The SMILES string of the molecule is CNC(=O)CNc1ccc2cnc(Nc3cc4c(cc3OC)CCN(C)C4)nc2c1. The molecule has 1 aromatic heterocycles. The minimum absolute atomic E-state index is 0.0784. The zero-order valence-electron chi connectivity index (χ0n) is 17.5. The van der Waals surface area contributed by atoms with E-state index in [0.717, 1.165) is 47.5 Å². The third kappa shape index (κ3) is 4.28. The van der Waals surface area contributed by atoms with E-state index in [1.165, 1.54) is 11.1 Å². The molecular formula is C22H26N6O2. The summed E-state index contributed by atoms with van der Waals surface area (Å²) < 4.78 is 5.60. The molecule has 3 aromatic rings. The fourth-order valence-corrected chi connectivity index (χ4v) is 3.58. The number of ether oxygens (including phenoxy) is 1. The Hall–Kier alpha value is -3.39. The van der Waals surface area contributed by atoms with Crippen molar-refractivity contribution in [1.29, 1.82) is 0 Å². The normalized spacial score (nSPS) is 13.6. The lowest BCUT2D eigenvalue weighted by molar-refractivity contribution is -0.118. The predicted octanol–water partition coefficient (Wildman–Crippen LogP) is 2.53. The number of methoxy groups -OCH3 is 1. The van der Waals surface area contributed by atoms with E-state index in [1.807, 2.05) is 18.2 Å². The van der Waals surface area contributed by atoms with Gasteiger partial charge in [0.1, 0.15) is 5.75 Å². The Kier molecular flexibility index (Phi) is 5.67. The molecule has 0 unspecified atom stereocenters. The zero-order chi connectivity index (χ0) is 21.1. The van der Waals surface area contributed by atoms with Gasteiger partial charge in [0, 0.05) is 37.4 Å². The van der Waals surface area contributed by atoms with Crippen molar-refractivity contribution in [2.45, 2.75) is 13.0 Å². The highest BCUT2D eigenvalue weighted by atomic mass is 16.5. The lowest BCUT2D eigenvalue weighted by atomic mass is 9.99. The van der Waals surface area contributed by atoms with Crippen LogP contribution in [0.3, 0.4) is 0 Å². The highest BCUT2D eigenvalue weighted by Gasteiger charge is 2.17. The van der Waals surface area contributed by atoms with E-state index >= 15 is 0 Å². The summed E-state index contributed by atoms with van der Waals surface area (Å²) in [6, 6.07) is 9.97. The maximum absolute atomic E-state index is 11.5. The number of nitrogens with zero attached hydrogens (tertiary/aromatic N) is 3. The standard InChI is InChI=1S/C22H26N6O2/c1-23-21(29)12-24-17-5-4-15-11-25-22(26-18(15)10-17)27-19-8-16-13-28(2)7-6-14(16)9-20(19)30-3/h4-5,8-11,24H,6-7,12-13H2,1-3H3,(H,23,29)(H,25,26,27). The minimum Gasteiger partial charge on any atom is -0.495 e. The van der Waals surface area contributed by atoms with Crippen molar-refractivity contribution in [3.63, 3.8) is 0 Å². The molecule has 0 fully saturated rings. The van der Waals surface area contributed by atoms with Crippen molar-refractivity contribution < 1.29 is 9.53 Å². The quantitative estimate of drug-likeness (QED) is 0.579. The van der Waals surface area contributed by atoms with Crippen LogP contribution in [0.1, 0.15) is 11.1 Å². The molecule has 2 heterocycles. The van der Waals surface area contributed by atoms with Gasteiger partial charge in [-0.1, -0.05) is 0 Å². The zero-order valence-corrected chi connectivity index (χ0v) is 17.5. The average molecular weight is 406 g/mol. The van der Waals surface area contributed by atoms with Gasteiger partial charge in [0.2, 0.25) is 11.9 Å². The second kappa shape index (κ2) is 8.54. The maximum Gasteiger partial charge on any atom is 0.239 e. The molecule has 156 valence electrons. The molecular weight excluding hydrogens is 380 g/mol. The first-order valence-electron chi connectivity index (χ1n) is 9.92. The maximum atomic E-state index is 11.5. The third-order valence-electron chi connectivity index (χ3n) is 5.29. The van der Waals surface area contributed by atoms with Crippen LogP contribution < -0.4 is 20.7 Å². The number of aromatic nitrogens is 2. The van der Waals surface area contributed by atoms with E-state index in [0.29, 0.717) is 5.95 Å². The van der Waals surface area contributed by atoms with Gasteiger partial charge in [0.15, 0.2) is 0 Å². The molecule has 1 amide bonds. The highest BCUT2D eigenvalue weighted by Crippen LogP contribution is 2.33. The van der Waals surface area contributed by atoms with Gasteiger partial charge in [-0.15, -0.1) is 0 Å². The Morgan fingerprint density at radius 2 is 2.10 bits per heavy atom. The monoisotopic (exact) mass is 406 g/mol. The average Bonchev–Trinajstić information content (AvgIpc) is 2.76. The number of benzene rings is 2. The van der Waals surface area contributed by atoms with Gasteiger partial charge in [-0.3, -0.25) is 4.79 Å². The largest absolute Gasteiger partial charge is 0.495 e. The number of hydrogen-bond acceptors (Lipinski definition) is 7. The molecule has 8 nitrogen and oxygen atoms in total. The van der Waals surface area contributed by atoms with Crippen LogP contribution in [-0.4, -0.2) is 55.1 Å². The van der Waals surface area contributed by atoms with Crippen molar-refractivity contribution in [3.05, 3.63) is 47.7 Å². The molecule has 8 heteroatoms. The van der Waals surface area contributed by atoms with Gasteiger partial charge in [0.05, 0.1) is 24.9 Å². The topological polar surface area (TPSA) is 91.4 Å². The van der Waals surface area contributed by atoms with Gasteiger partial charge < -0.3 is 25.6 Å². The van der Waals surface area contributed by atoms with E-state index in [9.17, 15) is 4.79 Å². The Morgan fingerprint density at radius 1 is 1.23 bits per heavy atom. The molecule has 0 saturated carbocycles. The van der Waals surface area contributed by atoms with Crippen molar-refractivity contribution >= 4 is 34.1 Å². The molecule has 3 N–H and O–H groups in total. The third-order valence-corrected chi connectivity index (χ3v) is 5.29. The van der Waals surface area contributed by atoms with E-state index in [4.69, 9.17) is 4.74 Å². The summed E-state index contributed by atoms with van der Waals surface area (Å²) in [5, 5.41) is 9.92. The van der Waals surface area contributed by atoms with Gasteiger partial charge in [0.25, 0.3) is 0 Å². The Morgan fingerprint density at radius 3 is 2.90 bits per heavy atom. The van der Waals surface area contributed by atoms with Crippen LogP contribution in [-0.2, 0) is 17.8 Å².